The van der Waals surface area contributed by atoms with E-state index in [1.54, 1.807) is 12.4 Å². The molecule has 0 fully saturated rings. The molecule has 2 N–H and O–H groups in total. The topological polar surface area (TPSA) is 65.2 Å². The van der Waals surface area contributed by atoms with E-state index in [0.717, 1.165) is 34.6 Å². The summed E-state index contributed by atoms with van der Waals surface area (Å²) in [7, 11) is -4.50. The third-order valence-electron chi connectivity index (χ3n) is 13.6. The van der Waals surface area contributed by atoms with Gasteiger partial charge in [-0.1, -0.05) is 163 Å². The van der Waals surface area contributed by atoms with Crippen molar-refractivity contribution < 1.29 is 10.2 Å². The minimum Gasteiger partial charge on any atom is -0.507 e. The molecular formula is C66H64N2O2P2+2. The highest BCUT2D eigenvalue weighted by atomic mass is 31.2. The molecule has 0 heterocycles. The summed E-state index contributed by atoms with van der Waals surface area (Å²) >= 11 is 0. The van der Waals surface area contributed by atoms with Crippen molar-refractivity contribution in [2.24, 2.45) is 9.98 Å². The average molecular weight is 979 g/mol. The molecule has 0 aliphatic carbocycles. The molecule has 0 amide bonds. The summed E-state index contributed by atoms with van der Waals surface area (Å²) in [4.78, 5) is 10.2. The molecule has 9 aromatic rings. The van der Waals surface area contributed by atoms with Gasteiger partial charge in [0.1, 0.15) is 57.9 Å². The maximum atomic E-state index is 12.1. The fourth-order valence-corrected chi connectivity index (χ4v) is 18.4. The van der Waals surface area contributed by atoms with Crippen LogP contribution in [0.1, 0.15) is 74.9 Å². The molecule has 0 radical (unpaired) electrons. The number of phenolic OH excluding ortho intramolecular Hbond substituents is 2. The molecule has 0 atom stereocenters. The van der Waals surface area contributed by atoms with E-state index >= 15 is 0 Å². The normalized spacial score (nSPS) is 12.4. The number of aromatic hydroxyl groups is 2. The number of hydrogen-bond donors (Lipinski definition) is 2. The molecule has 6 heteroatoms. The largest absolute Gasteiger partial charge is 0.507 e. The van der Waals surface area contributed by atoms with E-state index in [0.29, 0.717) is 22.5 Å². The smallest absolute Gasteiger partial charge is 0.128 e. The molecule has 72 heavy (non-hydrogen) atoms. The van der Waals surface area contributed by atoms with Crippen LogP contribution in [0, 0.1) is 0 Å². The number of phenols is 2. The molecule has 0 aliphatic rings. The van der Waals surface area contributed by atoms with Gasteiger partial charge in [0.05, 0.1) is 23.7 Å². The number of nitrogens with zero attached hydrogens (tertiary/aromatic N) is 2. The van der Waals surface area contributed by atoms with Gasteiger partial charge in [-0.2, -0.15) is 0 Å². The van der Waals surface area contributed by atoms with Crippen molar-refractivity contribution in [2.45, 2.75) is 64.7 Å². The molecule has 0 aromatic heterocycles. The van der Waals surface area contributed by atoms with Crippen molar-refractivity contribution in [3.63, 3.8) is 0 Å². The SMILES string of the molecule is CC(C)(C)c1cc(C[P+](c2ccccc2)(c2ccccc2)c2ccccc2)cc(C=Nc2ccccc2N=Cc2cc(C[P+](c3ccccc3)(c3ccccc3)c3ccccc3)cc(C(C)(C)C)c2O)c1O. The van der Waals surface area contributed by atoms with Gasteiger partial charge in [-0.05, 0) is 131 Å². The van der Waals surface area contributed by atoms with E-state index in [1.807, 2.05) is 24.3 Å². The van der Waals surface area contributed by atoms with Crippen molar-refractivity contribution in [1.82, 2.24) is 0 Å². The Morgan fingerprint density at radius 3 is 0.819 bits per heavy atom. The van der Waals surface area contributed by atoms with Crippen molar-refractivity contribution >= 4 is 70.2 Å². The first-order chi connectivity index (χ1) is 34.8. The second-order valence-corrected chi connectivity index (χ2v) is 27.6. The second-order valence-electron chi connectivity index (χ2n) is 20.6. The van der Waals surface area contributed by atoms with Crippen LogP contribution >= 0.6 is 14.5 Å². The van der Waals surface area contributed by atoms with Crippen LogP contribution < -0.4 is 31.8 Å². The minimum atomic E-state index is -2.25. The minimum absolute atomic E-state index is 0.218. The third-order valence-corrected chi connectivity index (χ3v) is 22.4. The molecular weight excluding hydrogens is 915 g/mol. The monoisotopic (exact) mass is 978 g/mol. The summed E-state index contributed by atoms with van der Waals surface area (Å²) in [5.41, 5.74) is 5.84. The van der Waals surface area contributed by atoms with Crippen LogP contribution in [0.5, 0.6) is 11.5 Å². The highest BCUT2D eigenvalue weighted by Gasteiger charge is 2.47. The van der Waals surface area contributed by atoms with Gasteiger partial charge >= 0.3 is 0 Å². The van der Waals surface area contributed by atoms with Gasteiger partial charge in [0.2, 0.25) is 0 Å². The van der Waals surface area contributed by atoms with E-state index in [1.165, 1.54) is 31.8 Å². The van der Waals surface area contributed by atoms with Gasteiger partial charge in [-0.3, -0.25) is 9.98 Å². The van der Waals surface area contributed by atoms with Gasteiger partial charge in [0.25, 0.3) is 0 Å². The Labute approximate surface area is 428 Å². The maximum absolute atomic E-state index is 12.1. The standard InChI is InChI=1S/C66H62N2O2P2/c1-65(2,3)59-43-49(47-71(53-27-13-7-14-28-53,54-29-15-8-16-30-54)55-31-17-9-18-32-55)41-51(63(59)69)45-67-61-39-25-26-40-62(61)68-46-52-42-50(44-60(64(52)70)66(4,5)6)48-72(56-33-19-10-20-34-56,57-35-21-11-22-36-57)58-37-23-12-24-38-58/h7-46H,47-48H2,1-6H3/p+2. The molecule has 0 unspecified atom stereocenters. The van der Waals surface area contributed by atoms with E-state index in [4.69, 9.17) is 9.98 Å². The summed E-state index contributed by atoms with van der Waals surface area (Å²) in [6.45, 7) is 12.9. The lowest BCUT2D eigenvalue weighted by molar-refractivity contribution is 0.445. The van der Waals surface area contributed by atoms with E-state index in [-0.39, 0.29) is 22.3 Å². The van der Waals surface area contributed by atoms with Crippen molar-refractivity contribution in [3.05, 3.63) is 264 Å². The summed E-state index contributed by atoms with van der Waals surface area (Å²) in [6, 6.07) is 81.9. The molecule has 0 saturated carbocycles. The Kier molecular flexibility index (Phi) is 14.7. The zero-order valence-corrected chi connectivity index (χ0v) is 44.0. The number of benzene rings is 9. The van der Waals surface area contributed by atoms with Crippen molar-refractivity contribution in [1.29, 1.82) is 0 Å². The fourth-order valence-electron chi connectivity index (χ4n) is 10.0. The predicted molar refractivity (Wildman–Crippen MR) is 312 cm³/mol. The molecule has 0 bridgehead atoms. The number of aliphatic imine (C=N–C) groups is 2. The maximum Gasteiger partial charge on any atom is 0.128 e. The first-order valence-electron chi connectivity index (χ1n) is 24.8. The Morgan fingerprint density at radius 2 is 0.583 bits per heavy atom. The van der Waals surface area contributed by atoms with Crippen LogP contribution in [0.4, 0.5) is 11.4 Å². The average Bonchev–Trinajstić information content (AvgIpc) is 3.40. The third kappa shape index (κ3) is 10.4. The highest BCUT2D eigenvalue weighted by Crippen LogP contribution is 2.60. The lowest BCUT2D eigenvalue weighted by Gasteiger charge is -2.29. The van der Waals surface area contributed by atoms with Crippen LogP contribution in [0.3, 0.4) is 0 Å². The Bertz CT molecular complexity index is 2890. The molecule has 358 valence electrons. The van der Waals surface area contributed by atoms with Crippen LogP contribution in [-0.4, -0.2) is 22.6 Å². The van der Waals surface area contributed by atoms with Gasteiger partial charge in [-0.25, -0.2) is 0 Å². The zero-order chi connectivity index (χ0) is 50.4. The van der Waals surface area contributed by atoms with E-state index < -0.39 is 14.5 Å². The Balaban J connectivity index is 1.13. The van der Waals surface area contributed by atoms with Crippen LogP contribution in [0.25, 0.3) is 0 Å². The van der Waals surface area contributed by atoms with Gasteiger partial charge in [-0.15, -0.1) is 0 Å². The first-order valence-corrected chi connectivity index (χ1v) is 28.7. The number of rotatable bonds is 14. The zero-order valence-electron chi connectivity index (χ0n) is 42.2. The van der Waals surface area contributed by atoms with Crippen LogP contribution in [0.15, 0.2) is 241 Å². The van der Waals surface area contributed by atoms with Crippen LogP contribution in [0.2, 0.25) is 0 Å². The first kappa shape index (κ1) is 49.7. The van der Waals surface area contributed by atoms with Crippen molar-refractivity contribution in [3.8, 4) is 11.5 Å². The predicted octanol–water partition coefficient (Wildman–Crippen LogP) is 14.2. The van der Waals surface area contributed by atoms with Gasteiger partial charge in [0, 0.05) is 34.7 Å². The Morgan fingerprint density at radius 1 is 0.347 bits per heavy atom. The summed E-state index contributed by atoms with van der Waals surface area (Å²) < 4.78 is 0. The van der Waals surface area contributed by atoms with Crippen molar-refractivity contribution in [2.75, 3.05) is 0 Å². The van der Waals surface area contributed by atoms with E-state index in [9.17, 15) is 10.2 Å². The lowest BCUT2D eigenvalue weighted by atomic mass is 9.84. The summed E-state index contributed by atoms with van der Waals surface area (Å²) in [5.74, 6) is 0.437. The lowest BCUT2D eigenvalue weighted by Crippen LogP contribution is -2.32. The molecule has 9 aromatic carbocycles. The Hall–Kier alpha value is -7.22. The fraction of sp³-hybridized carbons (Fsp3) is 0.152. The van der Waals surface area contributed by atoms with Crippen LogP contribution in [-0.2, 0) is 23.2 Å². The molecule has 0 saturated heterocycles. The molecule has 9 rings (SSSR count). The molecule has 4 nitrogen and oxygen atoms in total. The summed E-state index contributed by atoms with van der Waals surface area (Å²) in [5, 5.41) is 32.0. The number of hydrogen-bond acceptors (Lipinski definition) is 4. The van der Waals surface area contributed by atoms with E-state index in [2.05, 4.69) is 248 Å². The molecule has 0 spiro atoms. The second kappa shape index (κ2) is 21.2. The quantitative estimate of drug-likeness (QED) is 0.0842. The highest BCUT2D eigenvalue weighted by molar-refractivity contribution is 7.95. The van der Waals surface area contributed by atoms with Gasteiger partial charge < -0.3 is 10.2 Å². The summed E-state index contributed by atoms with van der Waals surface area (Å²) in [6.07, 6.45) is 5.07. The number of para-hydroxylation sites is 2. The molecule has 0 aliphatic heterocycles. The van der Waals surface area contributed by atoms with Gasteiger partial charge in [0.15, 0.2) is 0 Å².